The molecule has 1 rings (SSSR count). The lowest BCUT2D eigenvalue weighted by Gasteiger charge is -2.14. The van der Waals surface area contributed by atoms with E-state index in [0.29, 0.717) is 5.92 Å². The molecule has 1 aromatic carbocycles. The van der Waals surface area contributed by atoms with Crippen molar-refractivity contribution < 1.29 is 4.74 Å². The summed E-state index contributed by atoms with van der Waals surface area (Å²) in [6.45, 7) is 9.44. The van der Waals surface area contributed by atoms with Crippen LogP contribution in [0.15, 0.2) is 12.1 Å². The van der Waals surface area contributed by atoms with Crippen molar-refractivity contribution in [1.29, 1.82) is 0 Å². The second-order valence-electron chi connectivity index (χ2n) is 4.96. The third kappa shape index (κ3) is 4.63. The first kappa shape index (κ1) is 14.4. The van der Waals surface area contributed by atoms with Crippen LogP contribution < -0.4 is 4.74 Å². The highest BCUT2D eigenvalue weighted by atomic mass is 32.1. The normalized spacial score (nSPS) is 12.5. The standard InChI is InChI=1S/C15H24OS/c1-11(6-8-17)5-7-16-15-10-12(2)9-13(3)14(15)4/h9-11,17H,5-8H2,1-4H3. The van der Waals surface area contributed by atoms with Crippen LogP contribution >= 0.6 is 12.6 Å². The van der Waals surface area contributed by atoms with Crippen LogP contribution in [-0.4, -0.2) is 12.4 Å². The predicted molar refractivity (Wildman–Crippen MR) is 78.4 cm³/mol. The number of hydrogen-bond donors (Lipinski definition) is 1. The van der Waals surface area contributed by atoms with Crippen LogP contribution in [0.25, 0.3) is 0 Å². The first-order chi connectivity index (χ1) is 8.04. The van der Waals surface area contributed by atoms with Crippen molar-refractivity contribution in [2.24, 2.45) is 5.92 Å². The van der Waals surface area contributed by atoms with Gasteiger partial charge in [-0.15, -0.1) is 0 Å². The van der Waals surface area contributed by atoms with Crippen molar-refractivity contribution in [3.05, 3.63) is 28.8 Å². The summed E-state index contributed by atoms with van der Waals surface area (Å²) in [4.78, 5) is 0. The SMILES string of the molecule is Cc1cc(C)c(C)c(OCCC(C)CCS)c1. The van der Waals surface area contributed by atoms with Gasteiger partial charge in [-0.25, -0.2) is 0 Å². The molecule has 96 valence electrons. The lowest BCUT2D eigenvalue weighted by Crippen LogP contribution is -2.06. The lowest BCUT2D eigenvalue weighted by atomic mass is 10.0. The summed E-state index contributed by atoms with van der Waals surface area (Å²) in [6, 6.07) is 4.33. The highest BCUT2D eigenvalue weighted by Crippen LogP contribution is 2.23. The monoisotopic (exact) mass is 252 g/mol. The van der Waals surface area contributed by atoms with Crippen LogP contribution in [0.4, 0.5) is 0 Å². The van der Waals surface area contributed by atoms with E-state index >= 15 is 0 Å². The fraction of sp³-hybridized carbons (Fsp3) is 0.600. The van der Waals surface area contributed by atoms with Gasteiger partial charge in [-0.1, -0.05) is 13.0 Å². The maximum atomic E-state index is 5.89. The highest BCUT2D eigenvalue weighted by molar-refractivity contribution is 7.80. The summed E-state index contributed by atoms with van der Waals surface area (Å²) in [5, 5.41) is 0. The van der Waals surface area contributed by atoms with Crippen LogP contribution in [0.3, 0.4) is 0 Å². The molecule has 0 aliphatic carbocycles. The molecule has 1 aromatic rings. The summed E-state index contributed by atoms with van der Waals surface area (Å²) in [7, 11) is 0. The van der Waals surface area contributed by atoms with Gasteiger partial charge in [-0.3, -0.25) is 0 Å². The molecule has 0 saturated carbocycles. The Bertz CT molecular complexity index is 360. The molecule has 0 N–H and O–H groups in total. The Morgan fingerprint density at radius 1 is 1.18 bits per heavy atom. The molecule has 0 aliphatic heterocycles. The molecule has 0 aliphatic rings. The van der Waals surface area contributed by atoms with E-state index in [4.69, 9.17) is 4.74 Å². The minimum Gasteiger partial charge on any atom is -0.493 e. The summed E-state index contributed by atoms with van der Waals surface area (Å²) in [5.41, 5.74) is 3.84. The van der Waals surface area contributed by atoms with E-state index in [9.17, 15) is 0 Å². The molecule has 1 nitrogen and oxygen atoms in total. The van der Waals surface area contributed by atoms with Crippen molar-refractivity contribution in [2.45, 2.75) is 40.5 Å². The number of rotatable bonds is 6. The minimum absolute atomic E-state index is 0.693. The van der Waals surface area contributed by atoms with Crippen LogP contribution in [0.1, 0.15) is 36.5 Å². The molecule has 0 amide bonds. The van der Waals surface area contributed by atoms with Gasteiger partial charge in [0.1, 0.15) is 5.75 Å². The molecule has 0 aromatic heterocycles. The molecular formula is C15H24OS. The largest absolute Gasteiger partial charge is 0.493 e. The van der Waals surface area contributed by atoms with Crippen molar-refractivity contribution in [3.8, 4) is 5.75 Å². The minimum atomic E-state index is 0.693. The predicted octanol–water partition coefficient (Wildman–Crippen LogP) is 4.34. The topological polar surface area (TPSA) is 9.23 Å². The number of hydrogen-bond acceptors (Lipinski definition) is 2. The number of aryl methyl sites for hydroxylation is 2. The second-order valence-corrected chi connectivity index (χ2v) is 5.41. The van der Waals surface area contributed by atoms with Crippen LogP contribution in [0.5, 0.6) is 5.75 Å². The van der Waals surface area contributed by atoms with Gasteiger partial charge in [-0.2, -0.15) is 12.6 Å². The molecule has 1 atom stereocenters. The molecular weight excluding hydrogens is 228 g/mol. The molecule has 2 heteroatoms. The smallest absolute Gasteiger partial charge is 0.122 e. The van der Waals surface area contributed by atoms with Gasteiger partial charge in [0, 0.05) is 0 Å². The number of benzene rings is 1. The van der Waals surface area contributed by atoms with Crippen LogP contribution in [-0.2, 0) is 0 Å². The average molecular weight is 252 g/mol. The Morgan fingerprint density at radius 3 is 2.53 bits per heavy atom. The number of thiol groups is 1. The Labute approximate surface area is 111 Å². The van der Waals surface area contributed by atoms with Gasteiger partial charge in [0.15, 0.2) is 0 Å². The van der Waals surface area contributed by atoms with E-state index in [0.717, 1.165) is 31.0 Å². The molecule has 0 saturated heterocycles. The van der Waals surface area contributed by atoms with E-state index in [2.05, 4.69) is 52.5 Å². The Balaban J connectivity index is 2.52. The summed E-state index contributed by atoms with van der Waals surface area (Å²) in [5.74, 6) is 2.70. The molecule has 0 bridgehead atoms. The maximum absolute atomic E-state index is 5.89. The summed E-state index contributed by atoms with van der Waals surface area (Å²) >= 11 is 4.25. The molecule has 1 unspecified atom stereocenters. The zero-order chi connectivity index (χ0) is 12.8. The van der Waals surface area contributed by atoms with Crippen molar-refractivity contribution in [2.75, 3.05) is 12.4 Å². The van der Waals surface area contributed by atoms with Gasteiger partial charge < -0.3 is 4.74 Å². The van der Waals surface area contributed by atoms with E-state index in [1.807, 2.05) is 0 Å². The van der Waals surface area contributed by atoms with E-state index in [-0.39, 0.29) is 0 Å². The summed E-state index contributed by atoms with van der Waals surface area (Å²) < 4.78 is 5.89. The first-order valence-electron chi connectivity index (χ1n) is 6.36. The van der Waals surface area contributed by atoms with E-state index in [1.165, 1.54) is 16.7 Å². The van der Waals surface area contributed by atoms with Crippen molar-refractivity contribution in [3.63, 3.8) is 0 Å². The zero-order valence-corrected chi connectivity index (χ0v) is 12.3. The third-order valence-electron chi connectivity index (χ3n) is 3.25. The average Bonchev–Trinajstić information content (AvgIpc) is 2.25. The van der Waals surface area contributed by atoms with Crippen LogP contribution in [0, 0.1) is 26.7 Å². The lowest BCUT2D eigenvalue weighted by molar-refractivity contribution is 0.280. The molecule has 0 fully saturated rings. The second kappa shape index (κ2) is 6.95. The molecule has 17 heavy (non-hydrogen) atoms. The number of ether oxygens (including phenoxy) is 1. The Kier molecular flexibility index (Phi) is 5.90. The van der Waals surface area contributed by atoms with E-state index < -0.39 is 0 Å². The molecule has 0 heterocycles. The van der Waals surface area contributed by atoms with Crippen LogP contribution in [0.2, 0.25) is 0 Å². The van der Waals surface area contributed by atoms with Gasteiger partial charge in [-0.05, 0) is 68.0 Å². The van der Waals surface area contributed by atoms with Crippen molar-refractivity contribution >= 4 is 12.6 Å². The van der Waals surface area contributed by atoms with Gasteiger partial charge in [0.2, 0.25) is 0 Å². The fourth-order valence-electron chi connectivity index (χ4n) is 1.89. The first-order valence-corrected chi connectivity index (χ1v) is 6.99. The molecule has 0 radical (unpaired) electrons. The maximum Gasteiger partial charge on any atom is 0.122 e. The van der Waals surface area contributed by atoms with Crippen molar-refractivity contribution in [1.82, 2.24) is 0 Å². The van der Waals surface area contributed by atoms with Gasteiger partial charge in [0.25, 0.3) is 0 Å². The fourth-order valence-corrected chi connectivity index (χ4v) is 2.33. The van der Waals surface area contributed by atoms with E-state index in [1.54, 1.807) is 0 Å². The van der Waals surface area contributed by atoms with Gasteiger partial charge >= 0.3 is 0 Å². The quantitative estimate of drug-likeness (QED) is 0.741. The Morgan fingerprint density at radius 2 is 1.88 bits per heavy atom. The van der Waals surface area contributed by atoms with Gasteiger partial charge in [0.05, 0.1) is 6.61 Å². The Hall–Kier alpha value is -0.630. The summed E-state index contributed by atoms with van der Waals surface area (Å²) in [6.07, 6.45) is 2.27. The zero-order valence-electron chi connectivity index (χ0n) is 11.4. The molecule has 0 spiro atoms. The third-order valence-corrected chi connectivity index (χ3v) is 3.51. The highest BCUT2D eigenvalue weighted by Gasteiger charge is 2.05.